The van der Waals surface area contributed by atoms with Crippen molar-refractivity contribution in [2.75, 3.05) is 31.7 Å². The second kappa shape index (κ2) is 10.1. The molecule has 39 heavy (non-hydrogen) atoms. The van der Waals surface area contributed by atoms with Crippen molar-refractivity contribution in [1.82, 2.24) is 19.7 Å². The van der Waals surface area contributed by atoms with Gasteiger partial charge in [0.2, 0.25) is 0 Å². The van der Waals surface area contributed by atoms with Gasteiger partial charge in [-0.3, -0.25) is 9.48 Å². The topological polar surface area (TPSA) is 64.3 Å². The van der Waals surface area contributed by atoms with Gasteiger partial charge < -0.3 is 19.5 Å². The van der Waals surface area contributed by atoms with E-state index in [0.717, 1.165) is 53.5 Å². The molecule has 0 bridgehead atoms. The van der Waals surface area contributed by atoms with Crippen molar-refractivity contribution in [1.29, 1.82) is 0 Å². The monoisotopic (exact) mass is 533 g/mol. The lowest BCUT2D eigenvalue weighted by molar-refractivity contribution is 0.0855. The molecule has 4 heterocycles. The molecule has 2 aliphatic heterocycles. The van der Waals surface area contributed by atoms with Crippen LogP contribution < -0.4 is 10.2 Å². The number of aromatic nitrogens is 3. The summed E-state index contributed by atoms with van der Waals surface area (Å²) in [6.45, 7) is 2.11. The molecule has 0 saturated carbocycles. The molecule has 1 amide bonds. The van der Waals surface area contributed by atoms with Gasteiger partial charge in [-0.25, -0.2) is 8.78 Å². The molecular formula is C30H33F2N5O2. The normalized spacial score (nSPS) is 16.2. The Morgan fingerprint density at radius 2 is 1.92 bits per heavy atom. The minimum atomic E-state index is -2.62. The summed E-state index contributed by atoms with van der Waals surface area (Å²) in [5, 5.41) is 7.85. The molecule has 7 nitrogen and oxygen atoms in total. The summed E-state index contributed by atoms with van der Waals surface area (Å²) < 4.78 is 38.1. The number of amides is 1. The molecule has 0 aliphatic carbocycles. The van der Waals surface area contributed by atoms with E-state index in [4.69, 9.17) is 4.74 Å². The lowest BCUT2D eigenvalue weighted by Crippen LogP contribution is -2.25. The molecule has 0 unspecified atom stereocenters. The van der Waals surface area contributed by atoms with E-state index in [1.54, 1.807) is 37.2 Å². The number of benzene rings is 2. The Kier molecular flexibility index (Phi) is 6.62. The van der Waals surface area contributed by atoms with Gasteiger partial charge in [-0.05, 0) is 72.6 Å². The van der Waals surface area contributed by atoms with Gasteiger partial charge in [0, 0.05) is 81.2 Å². The third-order valence-corrected chi connectivity index (χ3v) is 8.15. The summed E-state index contributed by atoms with van der Waals surface area (Å²) in [6, 6.07) is 7.83. The molecule has 1 fully saturated rings. The van der Waals surface area contributed by atoms with E-state index >= 15 is 0 Å². The van der Waals surface area contributed by atoms with E-state index in [-0.39, 0.29) is 11.5 Å². The first-order valence-electron chi connectivity index (χ1n) is 13.5. The number of fused-ring (bicyclic) bond motifs is 2. The fraction of sp³-hybridized carbons (Fsp3) is 0.400. The first kappa shape index (κ1) is 25.6. The number of hydrogen-bond donors (Lipinski definition) is 1. The third-order valence-electron chi connectivity index (χ3n) is 8.15. The summed E-state index contributed by atoms with van der Waals surface area (Å²) >= 11 is 0. The van der Waals surface area contributed by atoms with Crippen molar-refractivity contribution < 1.29 is 18.3 Å². The molecule has 0 spiro atoms. The molecule has 4 aromatic rings. The largest absolute Gasteiger partial charge is 0.381 e. The number of alkyl halides is 2. The first-order valence-corrected chi connectivity index (χ1v) is 13.5. The van der Waals surface area contributed by atoms with Crippen LogP contribution in [0.15, 0.2) is 42.9 Å². The second-order valence-electron chi connectivity index (χ2n) is 10.6. The van der Waals surface area contributed by atoms with Gasteiger partial charge >= 0.3 is 0 Å². The molecule has 204 valence electrons. The number of carbonyl (C=O) groups is 1. The maximum absolute atomic E-state index is 14.4. The Bertz CT molecular complexity index is 1550. The van der Waals surface area contributed by atoms with Crippen LogP contribution >= 0.6 is 0 Å². The van der Waals surface area contributed by atoms with Gasteiger partial charge in [-0.15, -0.1) is 0 Å². The Morgan fingerprint density at radius 1 is 1.13 bits per heavy atom. The zero-order valence-electron chi connectivity index (χ0n) is 22.5. The highest BCUT2D eigenvalue weighted by atomic mass is 19.3. The molecule has 0 radical (unpaired) electrons. The van der Waals surface area contributed by atoms with Crippen molar-refractivity contribution in [2.45, 2.75) is 38.0 Å². The van der Waals surface area contributed by atoms with E-state index in [1.807, 2.05) is 23.9 Å². The van der Waals surface area contributed by atoms with Crippen molar-refractivity contribution in [2.24, 2.45) is 14.1 Å². The fourth-order valence-corrected chi connectivity index (χ4v) is 6.27. The molecule has 2 aromatic carbocycles. The number of aryl methyl sites for hydroxylation is 3. The predicted molar refractivity (Wildman–Crippen MR) is 148 cm³/mol. The number of rotatable bonds is 5. The molecule has 0 atom stereocenters. The van der Waals surface area contributed by atoms with Gasteiger partial charge in [0.25, 0.3) is 12.3 Å². The molecule has 1 saturated heterocycles. The summed E-state index contributed by atoms with van der Waals surface area (Å²) in [6.07, 6.45) is 6.19. The standard InChI is InChI=1S/C30H33F2N5O2/c1-33-30(38)26-17-35(2)28-23(18-6-9-39-10-7-18)12-21(13-24(26)28)37-8-4-5-19-11-22(20-15-34-36(3)16-20)25(29(31)32)14-27(19)37/h11-18,29H,4-10H2,1-3H3,(H,33,38). The number of nitrogens with one attached hydrogen (secondary N) is 1. The van der Waals surface area contributed by atoms with Gasteiger partial charge in [-0.2, -0.15) is 5.10 Å². The SMILES string of the molecule is CNC(=O)c1cn(C)c2c(C3CCOCC3)cc(N3CCCc4cc(-c5cnn(C)c5)c(C(F)F)cc43)cc12. The van der Waals surface area contributed by atoms with E-state index in [1.165, 1.54) is 5.56 Å². The van der Waals surface area contributed by atoms with E-state index in [0.29, 0.717) is 42.4 Å². The van der Waals surface area contributed by atoms with Crippen molar-refractivity contribution in [3.05, 3.63) is 65.1 Å². The number of halogens is 2. The van der Waals surface area contributed by atoms with Crippen molar-refractivity contribution in [3.8, 4) is 11.1 Å². The number of anilines is 2. The average molecular weight is 534 g/mol. The molecular weight excluding hydrogens is 500 g/mol. The molecule has 2 aliphatic rings. The van der Waals surface area contributed by atoms with E-state index in [9.17, 15) is 13.6 Å². The Labute approximate surface area is 226 Å². The minimum absolute atomic E-state index is 0.00476. The Morgan fingerprint density at radius 3 is 2.62 bits per heavy atom. The second-order valence-corrected chi connectivity index (χ2v) is 10.6. The van der Waals surface area contributed by atoms with Crippen molar-refractivity contribution in [3.63, 3.8) is 0 Å². The Hall–Kier alpha value is -3.72. The number of hydrogen-bond acceptors (Lipinski definition) is 4. The summed E-state index contributed by atoms with van der Waals surface area (Å²) in [4.78, 5) is 15.0. The van der Waals surface area contributed by atoms with Crippen LogP contribution in [-0.4, -0.2) is 47.1 Å². The highest BCUT2D eigenvalue weighted by Crippen LogP contribution is 2.44. The maximum atomic E-state index is 14.4. The molecule has 2 aromatic heterocycles. The lowest BCUT2D eigenvalue weighted by Gasteiger charge is -2.34. The van der Waals surface area contributed by atoms with Crippen LogP contribution in [0, 0.1) is 0 Å². The zero-order chi connectivity index (χ0) is 27.3. The maximum Gasteiger partial charge on any atom is 0.264 e. The third kappa shape index (κ3) is 4.48. The number of ether oxygens (including phenoxy) is 1. The van der Waals surface area contributed by atoms with Crippen LogP contribution in [0.2, 0.25) is 0 Å². The lowest BCUT2D eigenvalue weighted by atomic mass is 9.88. The summed E-state index contributed by atoms with van der Waals surface area (Å²) in [5.74, 6) is 0.150. The number of nitrogens with zero attached hydrogens (tertiary/aromatic N) is 4. The van der Waals surface area contributed by atoms with Crippen LogP contribution in [0.5, 0.6) is 0 Å². The van der Waals surface area contributed by atoms with Gasteiger partial charge in [0.1, 0.15) is 0 Å². The molecule has 9 heteroatoms. The fourth-order valence-electron chi connectivity index (χ4n) is 6.27. The summed E-state index contributed by atoms with van der Waals surface area (Å²) in [5.41, 5.74) is 6.83. The minimum Gasteiger partial charge on any atom is -0.381 e. The highest BCUT2D eigenvalue weighted by molar-refractivity contribution is 6.08. The van der Waals surface area contributed by atoms with Crippen LogP contribution in [-0.2, 0) is 25.3 Å². The molecule has 1 N–H and O–H groups in total. The Balaban J connectivity index is 1.54. The zero-order valence-corrected chi connectivity index (χ0v) is 22.5. The smallest absolute Gasteiger partial charge is 0.264 e. The average Bonchev–Trinajstić information content (AvgIpc) is 3.54. The number of carbonyl (C=O) groups excluding carboxylic acids is 1. The van der Waals surface area contributed by atoms with Crippen LogP contribution in [0.1, 0.15) is 58.7 Å². The van der Waals surface area contributed by atoms with Crippen LogP contribution in [0.3, 0.4) is 0 Å². The van der Waals surface area contributed by atoms with Crippen LogP contribution in [0.25, 0.3) is 22.0 Å². The van der Waals surface area contributed by atoms with E-state index in [2.05, 4.69) is 27.4 Å². The first-order chi connectivity index (χ1) is 18.9. The molecule has 6 rings (SSSR count). The highest BCUT2D eigenvalue weighted by Gasteiger charge is 2.28. The van der Waals surface area contributed by atoms with Gasteiger partial charge in [-0.1, -0.05) is 0 Å². The quantitative estimate of drug-likeness (QED) is 0.349. The summed E-state index contributed by atoms with van der Waals surface area (Å²) in [7, 11) is 5.40. The van der Waals surface area contributed by atoms with Crippen LogP contribution in [0.4, 0.5) is 20.2 Å². The van der Waals surface area contributed by atoms with Gasteiger partial charge in [0.05, 0.1) is 17.3 Å². The predicted octanol–water partition coefficient (Wildman–Crippen LogP) is 5.85. The van der Waals surface area contributed by atoms with Gasteiger partial charge in [0.15, 0.2) is 0 Å². The van der Waals surface area contributed by atoms with E-state index < -0.39 is 6.43 Å². The van der Waals surface area contributed by atoms with Crippen molar-refractivity contribution >= 4 is 28.2 Å².